The molecule has 1 amide bonds. The zero-order chi connectivity index (χ0) is 20.4. The van der Waals surface area contributed by atoms with Gasteiger partial charge in [0.05, 0.1) is 5.92 Å². The molecule has 0 bridgehead atoms. The summed E-state index contributed by atoms with van der Waals surface area (Å²) in [6.45, 7) is 7.61. The Bertz CT molecular complexity index is 679. The van der Waals surface area contributed by atoms with E-state index in [1.165, 1.54) is 12.1 Å². The molecule has 27 heavy (non-hydrogen) atoms. The molecule has 0 radical (unpaired) electrons. The number of rotatable bonds is 6. The average Bonchev–Trinajstić information content (AvgIpc) is 2.55. The Labute approximate surface area is 163 Å². The number of carbonyl (C=O) groups is 2. The molecule has 0 spiro atoms. The number of ether oxygens (including phenoxy) is 1. The summed E-state index contributed by atoms with van der Waals surface area (Å²) in [6.07, 6.45) is -1.56. The number of halogens is 3. The maximum atomic E-state index is 12.7. The zero-order valence-electron chi connectivity index (χ0n) is 16.1. The van der Waals surface area contributed by atoms with E-state index in [-0.39, 0.29) is 35.8 Å². The van der Waals surface area contributed by atoms with Crippen molar-refractivity contribution in [3.63, 3.8) is 0 Å². The van der Waals surface area contributed by atoms with E-state index in [1.54, 1.807) is 17.0 Å². The molecule has 0 aliphatic heterocycles. The van der Waals surface area contributed by atoms with Gasteiger partial charge >= 0.3 is 5.97 Å². The van der Waals surface area contributed by atoms with Gasteiger partial charge in [-0.25, -0.2) is 8.78 Å². The van der Waals surface area contributed by atoms with Gasteiger partial charge in [0.25, 0.3) is 6.43 Å². The lowest BCUT2D eigenvalue weighted by atomic mass is 9.68. The molecule has 4 nitrogen and oxygen atoms in total. The number of nitrogens with zero attached hydrogens (tertiary/aromatic N) is 1. The van der Waals surface area contributed by atoms with Crippen molar-refractivity contribution in [3.8, 4) is 0 Å². The van der Waals surface area contributed by atoms with Crippen molar-refractivity contribution in [3.05, 3.63) is 35.4 Å². The number of benzene rings is 1. The number of carbonyl (C=O) groups excluding carboxylic acids is 2. The number of amides is 1. The highest BCUT2D eigenvalue weighted by Gasteiger charge is 2.50. The first-order chi connectivity index (χ1) is 12.4. The molecule has 1 aliphatic carbocycles. The predicted octanol–water partition coefficient (Wildman–Crippen LogP) is 4.70. The van der Waals surface area contributed by atoms with Crippen molar-refractivity contribution >= 4 is 23.5 Å². The van der Waals surface area contributed by atoms with Crippen LogP contribution in [0.15, 0.2) is 24.3 Å². The average molecular weight is 402 g/mol. The van der Waals surface area contributed by atoms with E-state index in [1.807, 2.05) is 27.7 Å². The third kappa shape index (κ3) is 5.41. The van der Waals surface area contributed by atoms with E-state index >= 15 is 0 Å². The van der Waals surface area contributed by atoms with Crippen LogP contribution in [0, 0.1) is 5.92 Å². The molecule has 0 atom stereocenters. The van der Waals surface area contributed by atoms with Crippen molar-refractivity contribution in [1.29, 1.82) is 0 Å². The van der Waals surface area contributed by atoms with Crippen molar-refractivity contribution in [2.45, 2.75) is 64.6 Å². The van der Waals surface area contributed by atoms with Crippen LogP contribution < -0.4 is 0 Å². The summed E-state index contributed by atoms with van der Waals surface area (Å²) in [5, 5.41) is 0. The molecule has 2 rings (SSSR count). The lowest BCUT2D eigenvalue weighted by Crippen LogP contribution is -2.59. The van der Waals surface area contributed by atoms with Crippen LogP contribution in [-0.4, -0.2) is 33.8 Å². The van der Waals surface area contributed by atoms with Crippen molar-refractivity contribution in [2.75, 3.05) is 5.88 Å². The maximum Gasteiger partial charge on any atom is 0.309 e. The lowest BCUT2D eigenvalue weighted by Gasteiger charge is -2.51. The molecule has 0 aromatic heterocycles. The van der Waals surface area contributed by atoms with Gasteiger partial charge in [0.1, 0.15) is 11.5 Å². The first-order valence-electron chi connectivity index (χ1n) is 8.91. The van der Waals surface area contributed by atoms with E-state index in [2.05, 4.69) is 0 Å². The Hall–Kier alpha value is -1.69. The third-order valence-electron chi connectivity index (χ3n) is 4.75. The Balaban J connectivity index is 2.08. The Morgan fingerprint density at radius 1 is 1.26 bits per heavy atom. The van der Waals surface area contributed by atoms with Gasteiger partial charge in [0.15, 0.2) is 0 Å². The lowest BCUT2D eigenvalue weighted by molar-refractivity contribution is -0.172. The number of esters is 1. The Morgan fingerprint density at radius 2 is 1.81 bits per heavy atom. The van der Waals surface area contributed by atoms with Gasteiger partial charge in [-0.3, -0.25) is 9.59 Å². The van der Waals surface area contributed by atoms with Crippen molar-refractivity contribution in [2.24, 2.45) is 5.92 Å². The molecule has 1 aromatic carbocycles. The summed E-state index contributed by atoms with van der Waals surface area (Å²) in [7, 11) is 0. The van der Waals surface area contributed by atoms with Crippen LogP contribution in [0.3, 0.4) is 0 Å². The summed E-state index contributed by atoms with van der Waals surface area (Å²) in [4.78, 5) is 26.3. The number of hydrogen-bond acceptors (Lipinski definition) is 3. The van der Waals surface area contributed by atoms with Crippen molar-refractivity contribution < 1.29 is 23.1 Å². The fraction of sp³-hybridized carbons (Fsp3) is 0.600. The van der Waals surface area contributed by atoms with Crippen LogP contribution in [0.5, 0.6) is 0 Å². The standard InChI is InChI=1S/C20H26ClF2NO3/c1-19(2,3)27-18(26)15-9-20(4,10-15)24(16(25)11-21)12-13-5-7-14(8-6-13)17(22)23/h5-8,15,17H,9-12H2,1-4H3. The predicted molar refractivity (Wildman–Crippen MR) is 99.6 cm³/mol. The maximum absolute atomic E-state index is 12.7. The minimum Gasteiger partial charge on any atom is -0.460 e. The first-order valence-corrected chi connectivity index (χ1v) is 9.45. The molecule has 0 heterocycles. The normalized spacial score (nSPS) is 22.3. The largest absolute Gasteiger partial charge is 0.460 e. The summed E-state index contributed by atoms with van der Waals surface area (Å²) in [6, 6.07) is 5.89. The summed E-state index contributed by atoms with van der Waals surface area (Å²) >= 11 is 5.77. The molecule has 1 aliphatic rings. The fourth-order valence-electron chi connectivity index (χ4n) is 3.38. The third-order valence-corrected chi connectivity index (χ3v) is 4.98. The second kappa shape index (κ2) is 8.13. The van der Waals surface area contributed by atoms with E-state index in [0.717, 1.165) is 5.56 Å². The molecular formula is C20H26ClF2NO3. The molecule has 7 heteroatoms. The smallest absolute Gasteiger partial charge is 0.309 e. The molecule has 0 saturated heterocycles. The van der Waals surface area contributed by atoms with E-state index in [0.29, 0.717) is 12.8 Å². The molecule has 150 valence electrons. The quantitative estimate of drug-likeness (QED) is 0.512. The molecule has 1 saturated carbocycles. The highest BCUT2D eigenvalue weighted by atomic mass is 35.5. The van der Waals surface area contributed by atoms with E-state index < -0.39 is 17.6 Å². The van der Waals surface area contributed by atoms with Crippen molar-refractivity contribution in [1.82, 2.24) is 4.90 Å². The molecular weight excluding hydrogens is 376 g/mol. The number of alkyl halides is 3. The van der Waals surface area contributed by atoms with Gasteiger partial charge in [-0.15, -0.1) is 11.6 Å². The second-order valence-corrected chi connectivity index (χ2v) is 8.56. The summed E-state index contributed by atoms with van der Waals surface area (Å²) in [5.74, 6) is -0.956. The minimum absolute atomic E-state index is 0.0613. The Kier molecular flexibility index (Phi) is 6.51. The Morgan fingerprint density at radius 3 is 2.26 bits per heavy atom. The van der Waals surface area contributed by atoms with Gasteiger partial charge < -0.3 is 9.64 Å². The molecule has 0 unspecified atom stereocenters. The van der Waals surface area contributed by atoms with E-state index in [4.69, 9.17) is 16.3 Å². The fourth-order valence-corrected chi connectivity index (χ4v) is 3.52. The van der Waals surface area contributed by atoms with Gasteiger partial charge in [-0.2, -0.15) is 0 Å². The first kappa shape index (κ1) is 21.6. The monoisotopic (exact) mass is 401 g/mol. The topological polar surface area (TPSA) is 46.6 Å². The highest BCUT2D eigenvalue weighted by Crippen LogP contribution is 2.44. The van der Waals surface area contributed by atoms with Crippen LogP contribution in [-0.2, 0) is 20.9 Å². The highest BCUT2D eigenvalue weighted by molar-refractivity contribution is 6.27. The number of hydrogen-bond donors (Lipinski definition) is 0. The van der Waals surface area contributed by atoms with Crippen LogP contribution in [0.2, 0.25) is 0 Å². The van der Waals surface area contributed by atoms with E-state index in [9.17, 15) is 18.4 Å². The molecule has 1 fully saturated rings. The van der Waals surface area contributed by atoms with Crippen LogP contribution >= 0.6 is 11.6 Å². The van der Waals surface area contributed by atoms with Crippen LogP contribution in [0.4, 0.5) is 8.78 Å². The second-order valence-electron chi connectivity index (χ2n) is 8.29. The minimum atomic E-state index is -2.53. The summed E-state index contributed by atoms with van der Waals surface area (Å²) < 4.78 is 30.8. The van der Waals surface area contributed by atoms with Gasteiger partial charge in [0, 0.05) is 17.6 Å². The molecule has 0 N–H and O–H groups in total. The van der Waals surface area contributed by atoms with Crippen LogP contribution in [0.25, 0.3) is 0 Å². The molecule has 1 aromatic rings. The van der Waals surface area contributed by atoms with Crippen LogP contribution in [0.1, 0.15) is 58.1 Å². The summed E-state index contributed by atoms with van der Waals surface area (Å²) in [5.41, 5.74) is -0.399. The van der Waals surface area contributed by atoms with Gasteiger partial charge in [-0.05, 0) is 46.1 Å². The SMILES string of the molecule is CC(C)(C)OC(=O)C1CC(C)(N(Cc2ccc(C(F)F)cc2)C(=O)CCl)C1. The van der Waals surface area contributed by atoms with Gasteiger partial charge in [0.2, 0.25) is 5.91 Å². The van der Waals surface area contributed by atoms with Gasteiger partial charge in [-0.1, -0.05) is 24.3 Å². The zero-order valence-corrected chi connectivity index (χ0v) is 16.9.